The van der Waals surface area contributed by atoms with E-state index >= 15 is 0 Å². The number of benzene rings is 1. The molecular formula is C14H16BrFN2. The maximum absolute atomic E-state index is 13.4. The van der Waals surface area contributed by atoms with Gasteiger partial charge < -0.3 is 10.3 Å². The van der Waals surface area contributed by atoms with E-state index in [9.17, 15) is 4.39 Å². The Kier molecular flexibility index (Phi) is 4.19. The zero-order valence-electron chi connectivity index (χ0n) is 10.2. The summed E-state index contributed by atoms with van der Waals surface area (Å²) in [4.78, 5) is 0. The summed E-state index contributed by atoms with van der Waals surface area (Å²) in [5.41, 5.74) is 7.91. The van der Waals surface area contributed by atoms with Crippen molar-refractivity contribution in [1.82, 2.24) is 4.57 Å². The third kappa shape index (κ3) is 3.00. The molecule has 0 bridgehead atoms. The molecular weight excluding hydrogens is 295 g/mol. The molecule has 0 amide bonds. The van der Waals surface area contributed by atoms with Crippen molar-refractivity contribution in [1.29, 1.82) is 0 Å². The summed E-state index contributed by atoms with van der Waals surface area (Å²) in [6, 6.07) is 9.26. The second kappa shape index (κ2) is 5.67. The zero-order chi connectivity index (χ0) is 13.1. The van der Waals surface area contributed by atoms with Crippen molar-refractivity contribution in [2.75, 3.05) is 0 Å². The zero-order valence-corrected chi connectivity index (χ0v) is 11.8. The summed E-state index contributed by atoms with van der Waals surface area (Å²) >= 11 is 3.29. The largest absolute Gasteiger partial charge is 0.347 e. The lowest BCUT2D eigenvalue weighted by atomic mass is 10.2. The van der Waals surface area contributed by atoms with Gasteiger partial charge in [0.1, 0.15) is 5.82 Å². The highest BCUT2D eigenvalue weighted by Crippen LogP contribution is 2.22. The van der Waals surface area contributed by atoms with E-state index in [4.69, 9.17) is 5.73 Å². The molecule has 96 valence electrons. The van der Waals surface area contributed by atoms with Crippen molar-refractivity contribution in [3.63, 3.8) is 0 Å². The Balaban J connectivity index is 2.24. The first-order valence-electron chi connectivity index (χ1n) is 5.90. The molecule has 0 fully saturated rings. The van der Waals surface area contributed by atoms with Crippen molar-refractivity contribution in [2.24, 2.45) is 5.73 Å². The molecule has 0 aliphatic rings. The molecule has 2 nitrogen and oxygen atoms in total. The first-order valence-corrected chi connectivity index (χ1v) is 6.69. The number of hydrogen-bond donors (Lipinski definition) is 1. The van der Waals surface area contributed by atoms with Gasteiger partial charge in [-0.05, 0) is 46.6 Å². The Morgan fingerprint density at radius 1 is 1.33 bits per heavy atom. The van der Waals surface area contributed by atoms with E-state index in [1.54, 1.807) is 6.07 Å². The highest BCUT2D eigenvalue weighted by Gasteiger charge is 2.08. The molecule has 2 aromatic rings. The molecule has 1 unspecified atom stereocenters. The predicted molar refractivity (Wildman–Crippen MR) is 75.0 cm³/mol. The number of hydrogen-bond acceptors (Lipinski definition) is 1. The van der Waals surface area contributed by atoms with Gasteiger partial charge >= 0.3 is 0 Å². The summed E-state index contributed by atoms with van der Waals surface area (Å²) in [5.74, 6) is -0.228. The average molecular weight is 311 g/mol. The number of nitrogens with zero attached hydrogens (tertiary/aromatic N) is 1. The molecule has 1 atom stereocenters. The molecule has 4 heteroatoms. The van der Waals surface area contributed by atoms with Crippen LogP contribution in [-0.4, -0.2) is 10.6 Å². The molecule has 1 aromatic carbocycles. The van der Waals surface area contributed by atoms with Gasteiger partial charge in [0.05, 0.1) is 4.47 Å². The maximum atomic E-state index is 13.4. The Bertz CT molecular complexity index is 534. The Labute approximate surface area is 115 Å². The molecule has 0 aliphatic carbocycles. The summed E-state index contributed by atoms with van der Waals surface area (Å²) in [5, 5.41) is 0. The van der Waals surface area contributed by atoms with Gasteiger partial charge in [-0.2, -0.15) is 0 Å². The van der Waals surface area contributed by atoms with Crippen LogP contribution in [0, 0.1) is 5.82 Å². The molecule has 0 aliphatic heterocycles. The lowest BCUT2D eigenvalue weighted by Crippen LogP contribution is -2.20. The Hall–Kier alpha value is -1.13. The molecule has 2 N–H and O–H groups in total. The van der Waals surface area contributed by atoms with Crippen LogP contribution in [0.1, 0.15) is 18.2 Å². The maximum Gasteiger partial charge on any atom is 0.137 e. The minimum atomic E-state index is -0.228. The summed E-state index contributed by atoms with van der Waals surface area (Å²) < 4.78 is 16.1. The fourth-order valence-electron chi connectivity index (χ4n) is 1.97. The lowest BCUT2D eigenvalue weighted by molar-refractivity contribution is 0.613. The summed E-state index contributed by atoms with van der Waals surface area (Å²) in [6.45, 7) is 2.63. The van der Waals surface area contributed by atoms with Gasteiger partial charge in [-0.25, -0.2) is 4.39 Å². The van der Waals surface area contributed by atoms with E-state index in [1.807, 2.05) is 25.3 Å². The highest BCUT2D eigenvalue weighted by atomic mass is 79.9. The van der Waals surface area contributed by atoms with Gasteiger partial charge in [-0.15, -0.1) is 0 Å². The molecule has 1 heterocycles. The van der Waals surface area contributed by atoms with Crippen LogP contribution < -0.4 is 5.73 Å². The molecule has 0 spiro atoms. The second-order valence-electron chi connectivity index (χ2n) is 4.52. The SMILES string of the molecule is CC(N)Cc1cccn1Cc1cccc(F)c1Br. The number of rotatable bonds is 4. The van der Waals surface area contributed by atoms with Crippen LogP contribution in [0.15, 0.2) is 41.0 Å². The first-order chi connectivity index (χ1) is 8.58. The number of nitrogens with two attached hydrogens (primary N) is 1. The number of halogens is 2. The normalized spacial score (nSPS) is 12.7. The van der Waals surface area contributed by atoms with Gasteiger partial charge in [0.25, 0.3) is 0 Å². The summed E-state index contributed by atoms with van der Waals surface area (Å²) in [6.07, 6.45) is 2.81. The van der Waals surface area contributed by atoms with Crippen LogP contribution >= 0.6 is 15.9 Å². The van der Waals surface area contributed by atoms with Crippen LogP contribution in [-0.2, 0) is 13.0 Å². The molecule has 0 radical (unpaired) electrons. The highest BCUT2D eigenvalue weighted by molar-refractivity contribution is 9.10. The fourth-order valence-corrected chi connectivity index (χ4v) is 2.36. The standard InChI is InChI=1S/C14H16BrFN2/c1-10(17)8-12-5-3-7-18(12)9-11-4-2-6-13(16)14(11)15/h2-7,10H,8-9,17H2,1H3. The Morgan fingerprint density at radius 3 is 2.83 bits per heavy atom. The minimum Gasteiger partial charge on any atom is -0.347 e. The van der Waals surface area contributed by atoms with Gasteiger partial charge in [0.2, 0.25) is 0 Å². The minimum absolute atomic E-state index is 0.120. The predicted octanol–water partition coefficient (Wildman–Crippen LogP) is 3.33. The van der Waals surface area contributed by atoms with Gasteiger partial charge in [-0.1, -0.05) is 12.1 Å². The van der Waals surface area contributed by atoms with E-state index in [2.05, 4.69) is 26.6 Å². The van der Waals surface area contributed by atoms with Crippen molar-refractivity contribution in [2.45, 2.75) is 25.9 Å². The fraction of sp³-hybridized carbons (Fsp3) is 0.286. The quantitative estimate of drug-likeness (QED) is 0.922. The van der Waals surface area contributed by atoms with Gasteiger partial charge in [0, 0.05) is 30.9 Å². The van der Waals surface area contributed by atoms with Crippen LogP contribution in [0.25, 0.3) is 0 Å². The van der Waals surface area contributed by atoms with Gasteiger partial charge in [-0.3, -0.25) is 0 Å². The topological polar surface area (TPSA) is 30.9 Å². The molecule has 0 saturated carbocycles. The van der Waals surface area contributed by atoms with Crippen molar-refractivity contribution < 1.29 is 4.39 Å². The molecule has 18 heavy (non-hydrogen) atoms. The van der Waals surface area contributed by atoms with Crippen LogP contribution in [0.4, 0.5) is 4.39 Å². The van der Waals surface area contributed by atoms with Crippen LogP contribution in [0.2, 0.25) is 0 Å². The second-order valence-corrected chi connectivity index (χ2v) is 5.31. The van der Waals surface area contributed by atoms with E-state index in [0.717, 1.165) is 12.0 Å². The third-order valence-electron chi connectivity index (χ3n) is 2.83. The third-order valence-corrected chi connectivity index (χ3v) is 3.71. The van der Waals surface area contributed by atoms with Crippen molar-refractivity contribution in [3.8, 4) is 0 Å². The average Bonchev–Trinajstić information content (AvgIpc) is 2.72. The smallest absolute Gasteiger partial charge is 0.137 e. The van der Waals surface area contributed by atoms with Crippen molar-refractivity contribution in [3.05, 3.63) is 58.1 Å². The molecule has 2 rings (SSSR count). The lowest BCUT2D eigenvalue weighted by Gasteiger charge is -2.12. The summed E-state index contributed by atoms with van der Waals surface area (Å²) in [7, 11) is 0. The van der Waals surface area contributed by atoms with E-state index in [0.29, 0.717) is 11.0 Å². The van der Waals surface area contributed by atoms with E-state index < -0.39 is 0 Å². The van der Waals surface area contributed by atoms with Crippen LogP contribution in [0.3, 0.4) is 0 Å². The number of aromatic nitrogens is 1. The van der Waals surface area contributed by atoms with E-state index in [1.165, 1.54) is 11.8 Å². The van der Waals surface area contributed by atoms with Crippen molar-refractivity contribution >= 4 is 15.9 Å². The molecule has 0 saturated heterocycles. The first kappa shape index (κ1) is 13.3. The van der Waals surface area contributed by atoms with Gasteiger partial charge in [0.15, 0.2) is 0 Å². The monoisotopic (exact) mass is 310 g/mol. The van der Waals surface area contributed by atoms with E-state index in [-0.39, 0.29) is 11.9 Å². The van der Waals surface area contributed by atoms with Crippen LogP contribution in [0.5, 0.6) is 0 Å². The molecule has 1 aromatic heterocycles. The Morgan fingerprint density at radius 2 is 2.11 bits per heavy atom.